The molecule has 0 atom stereocenters. The number of nitrogens with zero attached hydrogens (tertiary/aromatic N) is 5. The second-order valence-electron chi connectivity index (χ2n) is 5.57. The van der Waals surface area contributed by atoms with E-state index in [1.807, 2.05) is 18.9 Å². The van der Waals surface area contributed by atoms with Gasteiger partial charge in [-0.3, -0.25) is 4.79 Å². The van der Waals surface area contributed by atoms with Gasteiger partial charge < -0.3 is 9.64 Å². The minimum absolute atomic E-state index is 0.220. The third-order valence-corrected chi connectivity index (χ3v) is 4.34. The van der Waals surface area contributed by atoms with Crippen LogP contribution in [0.15, 0.2) is 17.6 Å². The number of amides is 1. The third-order valence-electron chi connectivity index (χ3n) is 4.34. The van der Waals surface area contributed by atoms with Crippen molar-refractivity contribution < 1.29 is 9.53 Å². The van der Waals surface area contributed by atoms with Gasteiger partial charge in [0.1, 0.15) is 0 Å². The highest BCUT2D eigenvalue weighted by Crippen LogP contribution is 2.32. The maximum atomic E-state index is 11.9. The van der Waals surface area contributed by atoms with Crippen LogP contribution in [0, 0.1) is 4.91 Å². The van der Waals surface area contributed by atoms with Gasteiger partial charge in [-0.2, -0.15) is 5.10 Å². The molecule has 122 valence electrons. The van der Waals surface area contributed by atoms with Gasteiger partial charge in [0.05, 0.1) is 22.8 Å². The van der Waals surface area contributed by atoms with Crippen LogP contribution < -0.4 is 4.90 Å². The molecule has 3 heterocycles. The molecule has 0 N–H and O–H groups in total. The van der Waals surface area contributed by atoms with Crippen molar-refractivity contribution in [1.29, 1.82) is 0 Å². The van der Waals surface area contributed by atoms with Crippen molar-refractivity contribution in [3.63, 3.8) is 0 Å². The molecule has 0 saturated carbocycles. The Morgan fingerprint density at radius 2 is 2.17 bits per heavy atom. The Kier molecular flexibility index (Phi) is 4.33. The zero-order valence-electron chi connectivity index (χ0n) is 13.2. The van der Waals surface area contributed by atoms with Crippen LogP contribution in [0.4, 0.5) is 5.69 Å². The summed E-state index contributed by atoms with van der Waals surface area (Å²) in [5.74, 6) is -0.808. The molecule has 0 unspecified atom stereocenters. The number of aromatic nitrogens is 3. The molecule has 0 aliphatic carbocycles. The monoisotopic (exact) mass is 317 g/mol. The number of anilines is 1. The average molecular weight is 317 g/mol. The highest BCUT2D eigenvalue weighted by Gasteiger charge is 2.26. The number of fused-ring (bicyclic) bond motifs is 1. The van der Waals surface area contributed by atoms with E-state index in [-0.39, 0.29) is 11.6 Å². The molecule has 1 saturated heterocycles. The van der Waals surface area contributed by atoms with Crippen LogP contribution in [0.25, 0.3) is 11.0 Å². The van der Waals surface area contributed by atoms with Crippen LogP contribution in [-0.4, -0.2) is 47.0 Å². The van der Waals surface area contributed by atoms with Gasteiger partial charge in [-0.05, 0) is 19.8 Å². The lowest BCUT2D eigenvalue weighted by atomic mass is 10.0. The third kappa shape index (κ3) is 2.70. The molecule has 2 aromatic heterocycles. The number of pyridine rings is 1. The fraction of sp³-hybridized carbons (Fsp3) is 0.533. The average Bonchev–Trinajstić information content (AvgIpc) is 3.03. The summed E-state index contributed by atoms with van der Waals surface area (Å²) < 4.78 is 7.17. The van der Waals surface area contributed by atoms with E-state index in [9.17, 15) is 9.70 Å². The van der Waals surface area contributed by atoms with E-state index in [0.29, 0.717) is 31.1 Å². The van der Waals surface area contributed by atoms with Crippen LogP contribution in [-0.2, 0) is 11.3 Å². The number of carbonyl (C=O) groups is 1. The number of nitroso groups, excluding NO2 is 1. The molecule has 1 aliphatic heterocycles. The van der Waals surface area contributed by atoms with Crippen LogP contribution >= 0.6 is 0 Å². The van der Waals surface area contributed by atoms with E-state index in [1.54, 1.807) is 10.9 Å². The summed E-state index contributed by atoms with van der Waals surface area (Å²) in [4.78, 5) is 29.0. The Morgan fingerprint density at radius 1 is 1.43 bits per heavy atom. The first kappa shape index (κ1) is 15.5. The molecule has 8 heteroatoms. The molecule has 0 aromatic carbocycles. The molecule has 1 amide bonds. The number of ether oxygens (including phenoxy) is 1. The summed E-state index contributed by atoms with van der Waals surface area (Å²) in [6, 6.07) is 0.234. The van der Waals surface area contributed by atoms with E-state index in [1.165, 1.54) is 6.20 Å². The van der Waals surface area contributed by atoms with E-state index in [0.717, 1.165) is 18.2 Å². The molecule has 0 bridgehead atoms. The van der Waals surface area contributed by atoms with Crippen molar-refractivity contribution in [2.75, 3.05) is 25.2 Å². The van der Waals surface area contributed by atoms with Crippen molar-refractivity contribution >= 4 is 22.6 Å². The van der Waals surface area contributed by atoms with E-state index in [2.05, 4.69) is 15.3 Å². The fourth-order valence-electron chi connectivity index (χ4n) is 3.09. The SMILES string of the molecule is CCn1ncc2c(N(C)C3CCOCC3)c(C(=O)N=O)cnc21. The summed E-state index contributed by atoms with van der Waals surface area (Å²) in [6.07, 6.45) is 4.85. The lowest BCUT2D eigenvalue weighted by Crippen LogP contribution is -2.37. The molecule has 1 fully saturated rings. The van der Waals surface area contributed by atoms with Crippen LogP contribution in [0.2, 0.25) is 0 Å². The van der Waals surface area contributed by atoms with E-state index >= 15 is 0 Å². The van der Waals surface area contributed by atoms with Gasteiger partial charge in [-0.15, -0.1) is 4.91 Å². The maximum Gasteiger partial charge on any atom is 0.320 e. The Labute approximate surface area is 133 Å². The first-order chi connectivity index (χ1) is 11.2. The first-order valence-electron chi connectivity index (χ1n) is 7.70. The van der Waals surface area contributed by atoms with Crippen LogP contribution in [0.1, 0.15) is 30.1 Å². The maximum absolute atomic E-state index is 11.9. The largest absolute Gasteiger partial charge is 0.381 e. The highest BCUT2D eigenvalue weighted by molar-refractivity contribution is 6.07. The zero-order chi connectivity index (χ0) is 16.4. The number of hydrogen-bond donors (Lipinski definition) is 0. The highest BCUT2D eigenvalue weighted by atomic mass is 16.5. The Morgan fingerprint density at radius 3 is 2.83 bits per heavy atom. The standard InChI is InChI=1S/C15H19N5O3/c1-3-20-14-11(9-17-20)13(12(8-16-14)15(21)18-22)19(2)10-4-6-23-7-5-10/h8-10H,3-7H2,1-2H3. The van der Waals surface area contributed by atoms with Gasteiger partial charge in [-0.1, -0.05) is 0 Å². The fourth-order valence-corrected chi connectivity index (χ4v) is 3.09. The van der Waals surface area contributed by atoms with Crippen molar-refractivity contribution in [2.24, 2.45) is 5.18 Å². The minimum atomic E-state index is -0.808. The van der Waals surface area contributed by atoms with Gasteiger partial charge in [-0.25, -0.2) is 9.67 Å². The van der Waals surface area contributed by atoms with Crippen molar-refractivity contribution in [3.8, 4) is 0 Å². The van der Waals surface area contributed by atoms with Crippen LogP contribution in [0.3, 0.4) is 0 Å². The van der Waals surface area contributed by atoms with Crippen molar-refractivity contribution in [3.05, 3.63) is 22.9 Å². The van der Waals surface area contributed by atoms with Gasteiger partial charge in [0.15, 0.2) is 5.65 Å². The molecular formula is C15H19N5O3. The minimum Gasteiger partial charge on any atom is -0.381 e. The lowest BCUT2D eigenvalue weighted by molar-refractivity contribution is 0.0854. The topological polar surface area (TPSA) is 89.7 Å². The lowest BCUT2D eigenvalue weighted by Gasteiger charge is -2.33. The second-order valence-corrected chi connectivity index (χ2v) is 5.57. The number of hydrogen-bond acceptors (Lipinski definition) is 6. The molecular weight excluding hydrogens is 298 g/mol. The Balaban J connectivity index is 2.15. The van der Waals surface area contributed by atoms with Crippen LogP contribution in [0.5, 0.6) is 0 Å². The molecule has 3 rings (SSSR count). The van der Waals surface area contributed by atoms with Crippen molar-refractivity contribution in [2.45, 2.75) is 32.4 Å². The second kappa shape index (κ2) is 6.41. The van der Waals surface area contributed by atoms with E-state index in [4.69, 9.17) is 4.74 Å². The Bertz CT molecular complexity index is 736. The van der Waals surface area contributed by atoms with Gasteiger partial charge in [0.2, 0.25) is 0 Å². The summed E-state index contributed by atoms with van der Waals surface area (Å²) in [5, 5.41) is 7.64. The summed E-state index contributed by atoms with van der Waals surface area (Å²) in [6.45, 7) is 4.03. The summed E-state index contributed by atoms with van der Waals surface area (Å²) in [5.41, 5.74) is 1.59. The molecule has 23 heavy (non-hydrogen) atoms. The summed E-state index contributed by atoms with van der Waals surface area (Å²) >= 11 is 0. The molecule has 1 aliphatic rings. The number of rotatable bonds is 4. The normalized spacial score (nSPS) is 15.7. The summed E-state index contributed by atoms with van der Waals surface area (Å²) in [7, 11) is 1.93. The predicted molar refractivity (Wildman–Crippen MR) is 85.6 cm³/mol. The molecule has 0 radical (unpaired) electrons. The molecule has 0 spiro atoms. The smallest absolute Gasteiger partial charge is 0.320 e. The quantitative estimate of drug-likeness (QED) is 0.801. The van der Waals surface area contributed by atoms with E-state index < -0.39 is 5.91 Å². The van der Waals surface area contributed by atoms with Crippen molar-refractivity contribution in [1.82, 2.24) is 14.8 Å². The molecule has 2 aromatic rings. The van der Waals surface area contributed by atoms with Gasteiger partial charge in [0, 0.05) is 44.2 Å². The molecule has 8 nitrogen and oxygen atoms in total. The predicted octanol–water partition coefficient (Wildman–Crippen LogP) is 1.97. The number of aryl methyl sites for hydroxylation is 1. The first-order valence-corrected chi connectivity index (χ1v) is 7.70. The van der Waals surface area contributed by atoms with Gasteiger partial charge in [0.25, 0.3) is 0 Å². The Hall–Kier alpha value is -2.35. The zero-order valence-corrected chi connectivity index (χ0v) is 13.2. The number of carbonyl (C=O) groups excluding carboxylic acids is 1. The van der Waals surface area contributed by atoms with Gasteiger partial charge >= 0.3 is 5.91 Å².